The molecule has 0 saturated carbocycles. The third kappa shape index (κ3) is 70.5. The molecule has 96 heavy (non-hydrogen) atoms. The van der Waals surface area contributed by atoms with Gasteiger partial charge in [-0.2, -0.15) is 0 Å². The molecule has 0 aromatic rings. The van der Waals surface area contributed by atoms with E-state index in [2.05, 4.69) is 34.6 Å². The molecule has 3 N–H and O–H groups in total. The zero-order valence-corrected chi connectivity index (χ0v) is 64.3. The monoisotopic (exact) mass is 1410 g/mol. The van der Waals surface area contributed by atoms with Crippen LogP contribution in [-0.2, 0) is 65.4 Å². The van der Waals surface area contributed by atoms with Gasteiger partial charge in [-0.3, -0.25) is 37.3 Å². The predicted octanol–water partition coefficient (Wildman–Crippen LogP) is 22.9. The molecule has 0 rings (SSSR count). The number of carbonyl (C=O) groups excluding carboxylic acids is 4. The Bertz CT molecular complexity index is 1840. The van der Waals surface area contributed by atoms with Gasteiger partial charge in [0.1, 0.15) is 19.3 Å². The summed E-state index contributed by atoms with van der Waals surface area (Å²) in [5.74, 6) is -1.32. The highest BCUT2D eigenvalue weighted by Crippen LogP contribution is 2.45. The fourth-order valence-corrected chi connectivity index (χ4v) is 13.5. The first-order chi connectivity index (χ1) is 46.5. The average Bonchev–Trinajstić information content (AvgIpc) is 1.98. The van der Waals surface area contributed by atoms with Crippen molar-refractivity contribution in [3.8, 4) is 0 Å². The highest BCUT2D eigenvalue weighted by molar-refractivity contribution is 7.47. The van der Waals surface area contributed by atoms with E-state index in [0.29, 0.717) is 25.7 Å². The van der Waals surface area contributed by atoms with Gasteiger partial charge >= 0.3 is 39.5 Å². The number of aliphatic hydroxyl groups excluding tert-OH is 1. The predicted molar refractivity (Wildman–Crippen MR) is 391 cm³/mol. The molecular formula is C77H150O17P2. The average molecular weight is 1410 g/mol. The summed E-state index contributed by atoms with van der Waals surface area (Å²) in [6.45, 7) is 7.29. The van der Waals surface area contributed by atoms with E-state index in [0.717, 1.165) is 109 Å². The summed E-state index contributed by atoms with van der Waals surface area (Å²) in [5.41, 5.74) is 0. The topological polar surface area (TPSA) is 237 Å². The van der Waals surface area contributed by atoms with Crippen LogP contribution in [0.3, 0.4) is 0 Å². The molecule has 0 aliphatic heterocycles. The van der Waals surface area contributed by atoms with Crippen LogP contribution in [0.4, 0.5) is 0 Å². The smallest absolute Gasteiger partial charge is 0.462 e. The second kappa shape index (κ2) is 70.1. The van der Waals surface area contributed by atoms with Crippen molar-refractivity contribution >= 4 is 39.5 Å². The number of esters is 4. The summed E-state index contributed by atoms with van der Waals surface area (Å²) in [4.78, 5) is 72.7. The highest BCUT2D eigenvalue weighted by Gasteiger charge is 2.30. The van der Waals surface area contributed by atoms with Crippen molar-refractivity contribution < 1.29 is 80.2 Å². The van der Waals surface area contributed by atoms with E-state index >= 15 is 0 Å². The van der Waals surface area contributed by atoms with Crippen molar-refractivity contribution in [2.24, 2.45) is 5.92 Å². The summed E-state index contributed by atoms with van der Waals surface area (Å²) in [6, 6.07) is 0. The molecule has 0 spiro atoms. The molecule has 0 amide bonds. The van der Waals surface area contributed by atoms with E-state index < -0.39 is 97.5 Å². The second-order valence-electron chi connectivity index (χ2n) is 28.2. The number of hydrogen-bond acceptors (Lipinski definition) is 15. The van der Waals surface area contributed by atoms with Crippen LogP contribution in [0, 0.1) is 5.92 Å². The van der Waals surface area contributed by atoms with Gasteiger partial charge in [0.15, 0.2) is 12.2 Å². The van der Waals surface area contributed by atoms with Crippen molar-refractivity contribution in [1.29, 1.82) is 0 Å². The third-order valence-corrected chi connectivity index (χ3v) is 19.9. The van der Waals surface area contributed by atoms with Crippen molar-refractivity contribution in [3.05, 3.63) is 0 Å². The van der Waals surface area contributed by atoms with Gasteiger partial charge in [-0.25, -0.2) is 9.13 Å². The maximum atomic E-state index is 13.1. The Morgan fingerprint density at radius 2 is 0.479 bits per heavy atom. The summed E-state index contributed by atoms with van der Waals surface area (Å²) in [7, 11) is -9.91. The van der Waals surface area contributed by atoms with E-state index in [4.69, 9.17) is 37.0 Å². The van der Waals surface area contributed by atoms with Crippen LogP contribution >= 0.6 is 15.6 Å². The molecule has 0 aliphatic rings. The van der Waals surface area contributed by atoms with Crippen molar-refractivity contribution in [1.82, 2.24) is 0 Å². The van der Waals surface area contributed by atoms with Gasteiger partial charge in [-0.15, -0.1) is 0 Å². The van der Waals surface area contributed by atoms with Gasteiger partial charge in [-0.05, 0) is 31.6 Å². The molecule has 2 unspecified atom stereocenters. The van der Waals surface area contributed by atoms with Gasteiger partial charge in [0.2, 0.25) is 0 Å². The number of aliphatic hydroxyl groups is 1. The Hall–Kier alpha value is -1.94. The number of carbonyl (C=O) groups is 4. The van der Waals surface area contributed by atoms with Crippen LogP contribution in [0.25, 0.3) is 0 Å². The van der Waals surface area contributed by atoms with E-state index in [-0.39, 0.29) is 25.7 Å². The minimum atomic E-state index is -4.96. The molecular weight excluding hydrogens is 1260 g/mol. The molecule has 0 aromatic carbocycles. The Morgan fingerprint density at radius 3 is 0.708 bits per heavy atom. The molecule has 19 heteroatoms. The summed E-state index contributed by atoms with van der Waals surface area (Å²) in [6.07, 6.45) is 59.8. The maximum absolute atomic E-state index is 13.1. The molecule has 0 aromatic heterocycles. The minimum absolute atomic E-state index is 0.108. The van der Waals surface area contributed by atoms with Crippen molar-refractivity contribution in [2.75, 3.05) is 39.6 Å². The molecule has 17 nitrogen and oxygen atoms in total. The van der Waals surface area contributed by atoms with E-state index in [1.54, 1.807) is 0 Å². The van der Waals surface area contributed by atoms with Crippen LogP contribution in [0.15, 0.2) is 0 Å². The largest absolute Gasteiger partial charge is 0.472 e. The number of hydrogen-bond donors (Lipinski definition) is 3. The fourth-order valence-electron chi connectivity index (χ4n) is 11.9. The number of rotatable bonds is 77. The zero-order valence-electron chi connectivity index (χ0n) is 62.5. The van der Waals surface area contributed by atoms with Gasteiger partial charge in [-0.1, -0.05) is 356 Å². The number of unbranched alkanes of at least 4 members (excludes halogenated alkanes) is 49. The van der Waals surface area contributed by atoms with Crippen molar-refractivity contribution in [2.45, 2.75) is 425 Å². The molecule has 570 valence electrons. The Labute approximate surface area is 588 Å². The molecule has 0 heterocycles. The van der Waals surface area contributed by atoms with E-state index in [9.17, 15) is 43.2 Å². The van der Waals surface area contributed by atoms with E-state index in [1.165, 1.54) is 218 Å². The van der Waals surface area contributed by atoms with Crippen LogP contribution in [0.2, 0.25) is 0 Å². The summed E-state index contributed by atoms with van der Waals surface area (Å²) < 4.78 is 68.5. The van der Waals surface area contributed by atoms with Gasteiger partial charge in [0.05, 0.1) is 26.4 Å². The zero-order chi connectivity index (χ0) is 70.5. The van der Waals surface area contributed by atoms with Crippen LogP contribution in [0.1, 0.15) is 407 Å². The van der Waals surface area contributed by atoms with E-state index in [1.807, 2.05) is 0 Å². The number of phosphoric acid groups is 2. The molecule has 0 bridgehead atoms. The number of ether oxygens (including phenoxy) is 4. The Morgan fingerprint density at radius 1 is 0.281 bits per heavy atom. The molecule has 0 radical (unpaired) electrons. The number of phosphoric ester groups is 2. The lowest BCUT2D eigenvalue weighted by Gasteiger charge is -2.21. The first-order valence-electron chi connectivity index (χ1n) is 40.1. The molecule has 0 aliphatic carbocycles. The normalized spacial score (nSPS) is 13.9. The van der Waals surface area contributed by atoms with Crippen LogP contribution in [0.5, 0.6) is 0 Å². The molecule has 0 saturated heterocycles. The first-order valence-corrected chi connectivity index (χ1v) is 43.1. The van der Waals surface area contributed by atoms with Gasteiger partial charge in [0, 0.05) is 25.7 Å². The Kier molecular flexibility index (Phi) is 68.7. The SMILES string of the molecule is CCCCCCCCCCCCCCCCCCCCCC(=O)O[C@H](COC(=O)CCCCCCCCCCCCCCCCC(C)C)COP(=O)(O)OC[C@@H](O)COP(=O)(O)OC[C@@H](COC(=O)CCCCCCCCC)OC(=O)CCCCCCCCCCCCCCC. The molecule has 5 atom stereocenters. The highest BCUT2D eigenvalue weighted by atomic mass is 31.2. The minimum Gasteiger partial charge on any atom is -0.462 e. The first kappa shape index (κ1) is 94.1. The van der Waals surface area contributed by atoms with Crippen LogP contribution in [-0.4, -0.2) is 96.7 Å². The maximum Gasteiger partial charge on any atom is 0.472 e. The Balaban J connectivity index is 5.18. The lowest BCUT2D eigenvalue weighted by Crippen LogP contribution is -2.30. The van der Waals surface area contributed by atoms with Crippen LogP contribution < -0.4 is 0 Å². The lowest BCUT2D eigenvalue weighted by atomic mass is 10.0. The fraction of sp³-hybridized carbons (Fsp3) is 0.948. The standard InChI is InChI=1S/C77H150O17P2/c1-6-9-12-15-18-20-22-24-25-26-27-28-29-35-39-43-48-53-58-63-77(82)94-73(67-88-75(80)61-56-51-46-41-37-34-31-30-33-36-40-45-49-54-59-70(4)5)69-92-96(85,86)90-65-71(78)64-89-95(83,84)91-68-72(66-87-74(79)60-55-50-44-17-14-11-8-3)93-76(81)62-57-52-47-42-38-32-23-21-19-16-13-10-7-2/h70-73,78H,6-69H2,1-5H3,(H,83,84)(H,85,86)/t71-,72+,73+/m0/s1. The molecule has 0 fully saturated rings. The quantitative estimate of drug-likeness (QED) is 0.0222. The van der Waals surface area contributed by atoms with Crippen molar-refractivity contribution in [3.63, 3.8) is 0 Å². The lowest BCUT2D eigenvalue weighted by molar-refractivity contribution is -0.161. The third-order valence-electron chi connectivity index (χ3n) is 18.0. The van der Waals surface area contributed by atoms with Gasteiger partial charge in [0.25, 0.3) is 0 Å². The van der Waals surface area contributed by atoms with Gasteiger partial charge < -0.3 is 33.8 Å². The summed E-state index contributed by atoms with van der Waals surface area (Å²) >= 11 is 0. The summed E-state index contributed by atoms with van der Waals surface area (Å²) in [5, 5.41) is 10.6. The second-order valence-corrected chi connectivity index (χ2v) is 31.1.